The molecule has 2 fully saturated rings. The van der Waals surface area contributed by atoms with E-state index in [-0.39, 0.29) is 24.3 Å². The summed E-state index contributed by atoms with van der Waals surface area (Å²) >= 11 is 0. The minimum Gasteiger partial charge on any atom is -0.378 e. The maximum atomic E-state index is 13.0. The number of carbonyl (C=O) groups excluding carboxylic acids is 2. The van der Waals surface area contributed by atoms with Gasteiger partial charge in [0.15, 0.2) is 0 Å². The van der Waals surface area contributed by atoms with Crippen molar-refractivity contribution in [1.82, 2.24) is 9.80 Å². The molecule has 7 nitrogen and oxygen atoms in total. The number of likely N-dealkylation sites (tertiary alicyclic amines) is 1. The SMILES string of the molecule is N#CCCN(C(=O)CN1CCCC(C(=O)N2CCOCC2)C1)c1ccccc1. The summed E-state index contributed by atoms with van der Waals surface area (Å²) in [7, 11) is 0. The minimum atomic E-state index is -0.0519. The highest BCUT2D eigenvalue weighted by Gasteiger charge is 2.31. The zero-order chi connectivity index (χ0) is 19.8. The highest BCUT2D eigenvalue weighted by atomic mass is 16.5. The van der Waals surface area contributed by atoms with Crippen LogP contribution in [0.3, 0.4) is 0 Å². The third-order valence-corrected chi connectivity index (χ3v) is 5.35. The van der Waals surface area contributed by atoms with Crippen LogP contribution in [-0.4, -0.2) is 74.1 Å². The van der Waals surface area contributed by atoms with Crippen LogP contribution in [0.2, 0.25) is 0 Å². The van der Waals surface area contributed by atoms with Crippen LogP contribution in [0.15, 0.2) is 30.3 Å². The molecule has 28 heavy (non-hydrogen) atoms. The van der Waals surface area contributed by atoms with Crippen molar-refractivity contribution in [2.45, 2.75) is 19.3 Å². The molecule has 0 saturated carbocycles. The van der Waals surface area contributed by atoms with Gasteiger partial charge in [0.2, 0.25) is 11.8 Å². The third-order valence-electron chi connectivity index (χ3n) is 5.35. The smallest absolute Gasteiger partial charge is 0.241 e. The molecule has 1 unspecified atom stereocenters. The van der Waals surface area contributed by atoms with Gasteiger partial charge in [-0.25, -0.2) is 0 Å². The second-order valence-corrected chi connectivity index (χ2v) is 7.30. The molecule has 0 aliphatic carbocycles. The van der Waals surface area contributed by atoms with Gasteiger partial charge in [0, 0.05) is 31.9 Å². The van der Waals surface area contributed by atoms with Crippen LogP contribution >= 0.6 is 0 Å². The first-order valence-electron chi connectivity index (χ1n) is 10.0. The van der Waals surface area contributed by atoms with Gasteiger partial charge in [-0.05, 0) is 31.5 Å². The van der Waals surface area contributed by atoms with E-state index in [9.17, 15) is 9.59 Å². The summed E-state index contributed by atoms with van der Waals surface area (Å²) in [5, 5.41) is 8.94. The summed E-state index contributed by atoms with van der Waals surface area (Å²) in [4.78, 5) is 31.4. The van der Waals surface area contributed by atoms with E-state index in [4.69, 9.17) is 10.00 Å². The van der Waals surface area contributed by atoms with Gasteiger partial charge in [-0.1, -0.05) is 18.2 Å². The highest BCUT2D eigenvalue weighted by molar-refractivity contribution is 5.94. The van der Waals surface area contributed by atoms with Crippen molar-refractivity contribution in [3.8, 4) is 6.07 Å². The fraction of sp³-hybridized carbons (Fsp3) is 0.571. The van der Waals surface area contributed by atoms with Gasteiger partial charge in [-0.3, -0.25) is 14.5 Å². The van der Waals surface area contributed by atoms with Crippen molar-refractivity contribution in [1.29, 1.82) is 5.26 Å². The van der Waals surface area contributed by atoms with Crippen molar-refractivity contribution in [2.24, 2.45) is 5.92 Å². The van der Waals surface area contributed by atoms with E-state index in [1.54, 1.807) is 4.90 Å². The number of ether oxygens (including phenoxy) is 1. The molecule has 0 bridgehead atoms. The van der Waals surface area contributed by atoms with Crippen LogP contribution < -0.4 is 4.90 Å². The molecule has 1 aromatic rings. The number of rotatable bonds is 6. The fourth-order valence-electron chi connectivity index (χ4n) is 3.89. The van der Waals surface area contributed by atoms with E-state index in [2.05, 4.69) is 11.0 Å². The third kappa shape index (κ3) is 5.31. The molecule has 2 saturated heterocycles. The molecule has 2 aliphatic heterocycles. The number of para-hydroxylation sites is 1. The van der Waals surface area contributed by atoms with E-state index >= 15 is 0 Å². The molecule has 3 rings (SSSR count). The van der Waals surface area contributed by atoms with Crippen molar-refractivity contribution in [2.75, 3.05) is 57.4 Å². The van der Waals surface area contributed by atoms with Gasteiger partial charge in [0.1, 0.15) is 0 Å². The number of carbonyl (C=O) groups is 2. The van der Waals surface area contributed by atoms with Gasteiger partial charge < -0.3 is 14.5 Å². The Morgan fingerprint density at radius 1 is 1.18 bits per heavy atom. The van der Waals surface area contributed by atoms with Crippen LogP contribution in [0.25, 0.3) is 0 Å². The summed E-state index contributed by atoms with van der Waals surface area (Å²) in [6.45, 7) is 4.60. The van der Waals surface area contributed by atoms with E-state index in [0.29, 0.717) is 45.8 Å². The van der Waals surface area contributed by atoms with Crippen molar-refractivity contribution in [3.63, 3.8) is 0 Å². The molecule has 2 amide bonds. The number of nitrogens with zero attached hydrogens (tertiary/aromatic N) is 4. The second kappa shape index (κ2) is 10.2. The number of amides is 2. The monoisotopic (exact) mass is 384 g/mol. The Kier molecular flexibility index (Phi) is 7.40. The van der Waals surface area contributed by atoms with Gasteiger partial charge in [-0.15, -0.1) is 0 Å². The molecule has 7 heteroatoms. The van der Waals surface area contributed by atoms with Gasteiger partial charge in [0.25, 0.3) is 0 Å². The van der Waals surface area contributed by atoms with E-state index in [1.807, 2.05) is 35.2 Å². The Hall–Kier alpha value is -2.43. The number of piperidine rings is 1. The Bertz CT molecular complexity index is 697. The lowest BCUT2D eigenvalue weighted by molar-refractivity contribution is -0.142. The zero-order valence-corrected chi connectivity index (χ0v) is 16.3. The van der Waals surface area contributed by atoms with Crippen LogP contribution in [0.1, 0.15) is 19.3 Å². The Balaban J connectivity index is 1.60. The van der Waals surface area contributed by atoms with Crippen LogP contribution in [-0.2, 0) is 14.3 Å². The first-order chi connectivity index (χ1) is 13.7. The normalized spacial score (nSPS) is 20.4. The number of morpholine rings is 1. The predicted molar refractivity (Wildman–Crippen MR) is 106 cm³/mol. The number of benzene rings is 1. The molecule has 2 aliphatic rings. The highest BCUT2D eigenvalue weighted by Crippen LogP contribution is 2.21. The van der Waals surface area contributed by atoms with Gasteiger partial charge in [0.05, 0.1) is 38.2 Å². The summed E-state index contributed by atoms with van der Waals surface area (Å²) in [6.07, 6.45) is 2.08. The molecule has 1 aromatic carbocycles. The summed E-state index contributed by atoms with van der Waals surface area (Å²) in [5.74, 6) is 0.106. The second-order valence-electron chi connectivity index (χ2n) is 7.30. The largest absolute Gasteiger partial charge is 0.378 e. The molecule has 1 atom stereocenters. The fourth-order valence-corrected chi connectivity index (χ4v) is 3.89. The summed E-state index contributed by atoms with van der Waals surface area (Å²) < 4.78 is 5.33. The maximum absolute atomic E-state index is 13.0. The number of nitriles is 1. The summed E-state index contributed by atoms with van der Waals surface area (Å²) in [5.41, 5.74) is 0.806. The molecule has 0 N–H and O–H groups in total. The molecule has 0 aromatic heterocycles. The molecular weight excluding hydrogens is 356 g/mol. The minimum absolute atomic E-state index is 0.0269. The van der Waals surface area contributed by atoms with Crippen LogP contribution in [0.5, 0.6) is 0 Å². The van der Waals surface area contributed by atoms with Crippen LogP contribution in [0.4, 0.5) is 5.69 Å². The average Bonchev–Trinajstić information content (AvgIpc) is 2.75. The first kappa shape index (κ1) is 20.3. The van der Waals surface area contributed by atoms with E-state index in [1.165, 1.54) is 0 Å². The predicted octanol–water partition coefficient (Wildman–Crippen LogP) is 1.50. The summed E-state index contributed by atoms with van der Waals surface area (Å²) in [6, 6.07) is 11.6. The number of hydrogen-bond donors (Lipinski definition) is 0. The van der Waals surface area contributed by atoms with Gasteiger partial charge in [-0.2, -0.15) is 5.26 Å². The number of anilines is 1. The van der Waals surface area contributed by atoms with Crippen molar-refractivity contribution < 1.29 is 14.3 Å². The Labute approximate surface area is 166 Å². The Morgan fingerprint density at radius 3 is 2.64 bits per heavy atom. The standard InChI is InChI=1S/C21H28N4O3/c22-9-5-11-25(19-7-2-1-3-8-19)20(26)17-23-10-4-6-18(16-23)21(27)24-12-14-28-15-13-24/h1-3,7-8,18H,4-6,10-17H2. The zero-order valence-electron chi connectivity index (χ0n) is 16.3. The topological polar surface area (TPSA) is 76.9 Å². The molecule has 2 heterocycles. The molecule has 150 valence electrons. The quantitative estimate of drug-likeness (QED) is 0.743. The Morgan fingerprint density at radius 2 is 1.93 bits per heavy atom. The molecule has 0 spiro atoms. The van der Waals surface area contributed by atoms with Crippen molar-refractivity contribution >= 4 is 17.5 Å². The van der Waals surface area contributed by atoms with Crippen LogP contribution in [0, 0.1) is 17.2 Å². The lowest BCUT2D eigenvalue weighted by Gasteiger charge is -2.36. The van der Waals surface area contributed by atoms with E-state index in [0.717, 1.165) is 25.1 Å². The molecular formula is C21H28N4O3. The molecule has 0 radical (unpaired) electrons. The lowest BCUT2D eigenvalue weighted by atomic mass is 9.96. The number of hydrogen-bond acceptors (Lipinski definition) is 5. The van der Waals surface area contributed by atoms with Gasteiger partial charge >= 0.3 is 0 Å². The van der Waals surface area contributed by atoms with Crippen molar-refractivity contribution in [3.05, 3.63) is 30.3 Å². The lowest BCUT2D eigenvalue weighted by Crippen LogP contribution is -2.50. The average molecular weight is 384 g/mol. The van der Waals surface area contributed by atoms with E-state index < -0.39 is 0 Å². The first-order valence-corrected chi connectivity index (χ1v) is 10.0. The maximum Gasteiger partial charge on any atom is 0.241 e.